The number of benzene rings is 1. The second kappa shape index (κ2) is 4.01. The lowest BCUT2D eigenvalue weighted by molar-refractivity contribution is 0.0697. The molecule has 0 spiro atoms. The monoisotopic (exact) mass is 237 g/mol. The number of carboxylic acids is 1. The third-order valence-corrected chi connectivity index (χ3v) is 4.20. The van der Waals surface area contributed by atoms with Gasteiger partial charge >= 0.3 is 5.97 Å². The summed E-state index contributed by atoms with van der Waals surface area (Å²) in [6, 6.07) is 5.26. The quantitative estimate of drug-likeness (QED) is 0.788. The lowest BCUT2D eigenvalue weighted by Crippen LogP contribution is -2.23. The van der Waals surface area contributed by atoms with Crippen molar-refractivity contribution in [3.05, 3.63) is 23.8 Å². The van der Waals surface area contributed by atoms with Crippen molar-refractivity contribution in [2.75, 3.05) is 17.6 Å². The molecule has 0 saturated heterocycles. The first-order chi connectivity index (χ1) is 7.48. The van der Waals surface area contributed by atoms with Crippen LogP contribution in [0.15, 0.2) is 23.1 Å². The van der Waals surface area contributed by atoms with Crippen LogP contribution in [0.5, 0.6) is 0 Å². The summed E-state index contributed by atoms with van der Waals surface area (Å²) in [6.07, 6.45) is 0. The van der Waals surface area contributed by atoms with Crippen LogP contribution in [0.4, 0.5) is 5.69 Å². The third-order valence-electron chi connectivity index (χ3n) is 2.60. The third kappa shape index (κ3) is 2.32. The molecule has 1 heterocycles. The van der Waals surface area contributed by atoms with E-state index in [0.717, 1.165) is 22.9 Å². The molecule has 0 amide bonds. The van der Waals surface area contributed by atoms with E-state index in [2.05, 4.69) is 19.2 Å². The largest absolute Gasteiger partial charge is 0.478 e. The standard InChI is InChI=1S/C12H15NO2S/c1-12(2)6-13-9-5-8(11(14)15)3-4-10(9)16-7-12/h3-5,13H,6-7H2,1-2H3,(H,14,15). The van der Waals surface area contributed by atoms with Crippen LogP contribution in [0, 0.1) is 5.41 Å². The molecule has 0 bridgehead atoms. The summed E-state index contributed by atoms with van der Waals surface area (Å²) in [6.45, 7) is 5.28. The van der Waals surface area contributed by atoms with Crippen molar-refractivity contribution in [1.82, 2.24) is 0 Å². The van der Waals surface area contributed by atoms with Gasteiger partial charge in [0.25, 0.3) is 0 Å². The maximum Gasteiger partial charge on any atom is 0.335 e. The van der Waals surface area contributed by atoms with Crippen molar-refractivity contribution in [3.63, 3.8) is 0 Å². The molecular formula is C12H15NO2S. The molecule has 1 aliphatic rings. The Kier molecular flexibility index (Phi) is 2.84. The minimum absolute atomic E-state index is 0.229. The van der Waals surface area contributed by atoms with E-state index in [9.17, 15) is 4.79 Å². The molecule has 3 nitrogen and oxygen atoms in total. The summed E-state index contributed by atoms with van der Waals surface area (Å²) in [4.78, 5) is 12.0. The predicted octanol–water partition coefficient (Wildman–Crippen LogP) is 2.93. The normalized spacial score (nSPS) is 18.1. The molecule has 0 aromatic heterocycles. The number of rotatable bonds is 1. The lowest BCUT2D eigenvalue weighted by atomic mass is 9.96. The van der Waals surface area contributed by atoms with Crippen LogP contribution in [0.3, 0.4) is 0 Å². The van der Waals surface area contributed by atoms with Crippen molar-refractivity contribution in [3.8, 4) is 0 Å². The van der Waals surface area contributed by atoms with E-state index in [-0.39, 0.29) is 5.41 Å². The molecule has 1 aromatic rings. The highest BCUT2D eigenvalue weighted by Gasteiger charge is 2.23. The van der Waals surface area contributed by atoms with Gasteiger partial charge in [0.15, 0.2) is 0 Å². The van der Waals surface area contributed by atoms with Crippen molar-refractivity contribution < 1.29 is 9.90 Å². The Morgan fingerprint density at radius 2 is 2.25 bits per heavy atom. The molecule has 0 aliphatic carbocycles. The molecule has 4 heteroatoms. The Morgan fingerprint density at radius 1 is 1.50 bits per heavy atom. The predicted molar refractivity (Wildman–Crippen MR) is 66.4 cm³/mol. The zero-order valence-electron chi connectivity index (χ0n) is 9.41. The van der Waals surface area contributed by atoms with Crippen molar-refractivity contribution >= 4 is 23.4 Å². The van der Waals surface area contributed by atoms with Crippen LogP contribution in [0.2, 0.25) is 0 Å². The highest BCUT2D eigenvalue weighted by atomic mass is 32.2. The van der Waals surface area contributed by atoms with Crippen molar-refractivity contribution in [2.24, 2.45) is 5.41 Å². The number of thioether (sulfide) groups is 1. The zero-order valence-corrected chi connectivity index (χ0v) is 10.2. The molecule has 0 atom stereocenters. The number of fused-ring (bicyclic) bond motifs is 1. The van der Waals surface area contributed by atoms with E-state index >= 15 is 0 Å². The van der Waals surface area contributed by atoms with Gasteiger partial charge in [-0.25, -0.2) is 4.79 Å². The van der Waals surface area contributed by atoms with Gasteiger partial charge in [-0.3, -0.25) is 0 Å². The lowest BCUT2D eigenvalue weighted by Gasteiger charge is -2.21. The number of carboxylic acid groups (broad SMARTS) is 1. The highest BCUT2D eigenvalue weighted by Crippen LogP contribution is 2.36. The Morgan fingerprint density at radius 3 is 2.94 bits per heavy atom. The fraction of sp³-hybridized carbons (Fsp3) is 0.417. The minimum Gasteiger partial charge on any atom is -0.478 e. The van der Waals surface area contributed by atoms with E-state index in [1.54, 1.807) is 23.9 Å². The van der Waals surface area contributed by atoms with E-state index in [0.29, 0.717) is 5.56 Å². The summed E-state index contributed by atoms with van der Waals surface area (Å²) in [5.41, 5.74) is 1.51. The van der Waals surface area contributed by atoms with Crippen LogP contribution in [0.25, 0.3) is 0 Å². The van der Waals surface area contributed by atoms with Gasteiger partial charge in [0.1, 0.15) is 0 Å². The highest BCUT2D eigenvalue weighted by molar-refractivity contribution is 7.99. The smallest absolute Gasteiger partial charge is 0.335 e. The Hall–Kier alpha value is -1.16. The average molecular weight is 237 g/mol. The van der Waals surface area contributed by atoms with Gasteiger partial charge < -0.3 is 10.4 Å². The molecule has 1 aliphatic heterocycles. The van der Waals surface area contributed by atoms with E-state index in [1.165, 1.54) is 0 Å². The van der Waals surface area contributed by atoms with Crippen LogP contribution >= 0.6 is 11.8 Å². The number of nitrogens with one attached hydrogen (secondary N) is 1. The van der Waals surface area contributed by atoms with Gasteiger partial charge in [0.05, 0.1) is 5.56 Å². The molecule has 0 fully saturated rings. The van der Waals surface area contributed by atoms with E-state index < -0.39 is 5.97 Å². The molecule has 86 valence electrons. The van der Waals surface area contributed by atoms with Gasteiger partial charge in [0.2, 0.25) is 0 Å². The molecule has 0 unspecified atom stereocenters. The van der Waals surface area contributed by atoms with Crippen molar-refractivity contribution in [1.29, 1.82) is 0 Å². The molecule has 2 N–H and O–H groups in total. The first kappa shape index (κ1) is 11.3. The van der Waals surface area contributed by atoms with Gasteiger partial charge in [-0.1, -0.05) is 13.8 Å². The first-order valence-corrected chi connectivity index (χ1v) is 6.20. The van der Waals surface area contributed by atoms with E-state index in [1.807, 2.05) is 6.07 Å². The fourth-order valence-corrected chi connectivity index (χ4v) is 2.68. The number of carbonyl (C=O) groups is 1. The van der Waals surface area contributed by atoms with E-state index in [4.69, 9.17) is 5.11 Å². The summed E-state index contributed by atoms with van der Waals surface area (Å²) in [5.74, 6) is 0.164. The van der Waals surface area contributed by atoms with Crippen LogP contribution in [-0.2, 0) is 0 Å². The Bertz CT molecular complexity index is 429. The molecule has 1 aromatic carbocycles. The average Bonchev–Trinajstić information content (AvgIpc) is 2.38. The zero-order chi connectivity index (χ0) is 11.8. The van der Waals surface area contributed by atoms with Crippen LogP contribution < -0.4 is 5.32 Å². The summed E-state index contributed by atoms with van der Waals surface area (Å²) < 4.78 is 0. The topological polar surface area (TPSA) is 49.3 Å². The number of anilines is 1. The van der Waals surface area contributed by atoms with Crippen molar-refractivity contribution in [2.45, 2.75) is 18.7 Å². The molecule has 0 radical (unpaired) electrons. The fourth-order valence-electron chi connectivity index (χ4n) is 1.59. The van der Waals surface area contributed by atoms with Gasteiger partial charge in [-0.15, -0.1) is 11.8 Å². The Balaban J connectivity index is 2.32. The summed E-state index contributed by atoms with van der Waals surface area (Å²) >= 11 is 1.78. The Labute approximate surface area is 99.2 Å². The van der Waals surface area contributed by atoms with Gasteiger partial charge in [-0.2, -0.15) is 0 Å². The van der Waals surface area contributed by atoms with Crippen LogP contribution in [-0.4, -0.2) is 23.4 Å². The molecule has 16 heavy (non-hydrogen) atoms. The van der Waals surface area contributed by atoms with Gasteiger partial charge in [-0.05, 0) is 23.6 Å². The number of aromatic carboxylic acids is 1. The number of hydrogen-bond donors (Lipinski definition) is 2. The molecule has 2 rings (SSSR count). The molecule has 0 saturated carbocycles. The first-order valence-electron chi connectivity index (χ1n) is 5.22. The molecular weight excluding hydrogens is 222 g/mol. The second-order valence-electron chi connectivity index (χ2n) is 4.82. The summed E-state index contributed by atoms with van der Waals surface area (Å²) in [5, 5.41) is 12.3. The maximum atomic E-state index is 10.9. The maximum absolute atomic E-state index is 10.9. The van der Waals surface area contributed by atoms with Gasteiger partial charge in [0, 0.05) is 22.9 Å². The minimum atomic E-state index is -0.877. The summed E-state index contributed by atoms with van der Waals surface area (Å²) in [7, 11) is 0. The van der Waals surface area contributed by atoms with Crippen LogP contribution in [0.1, 0.15) is 24.2 Å². The number of hydrogen-bond acceptors (Lipinski definition) is 3. The SMILES string of the molecule is CC1(C)CNc2cc(C(=O)O)ccc2SC1. The second-order valence-corrected chi connectivity index (χ2v) is 5.84.